The smallest absolute Gasteiger partial charge is 0.153 e. The molecule has 0 aromatic rings. The molecule has 0 unspecified atom stereocenters. The molecule has 1 atom stereocenters. The molecule has 0 aromatic carbocycles. The van der Waals surface area contributed by atoms with Gasteiger partial charge in [-0.05, 0) is 5.54 Å². The zero-order chi connectivity index (χ0) is 6.78. The predicted octanol–water partition coefficient (Wildman–Crippen LogP) is 3.23. The lowest BCUT2D eigenvalue weighted by molar-refractivity contribution is 0.854. The fourth-order valence-corrected chi connectivity index (χ4v) is 1.92. The van der Waals surface area contributed by atoms with Gasteiger partial charge in [0, 0.05) is 0 Å². The summed E-state index contributed by atoms with van der Waals surface area (Å²) in [4.78, 5) is 0. The van der Waals surface area contributed by atoms with Gasteiger partial charge >= 0.3 is 0 Å². The highest BCUT2D eigenvalue weighted by Gasteiger charge is 2.23. The molecule has 2 heteroatoms. The molecule has 0 saturated heterocycles. The minimum absolute atomic E-state index is 0.754. The van der Waals surface area contributed by atoms with E-state index in [2.05, 4.69) is 26.9 Å². The van der Waals surface area contributed by atoms with E-state index in [1.54, 1.807) is 0 Å². The fourth-order valence-electron chi connectivity index (χ4n) is 0.485. The molecule has 0 N–H and O–H groups in total. The Bertz CT molecular complexity index is 65.4. The van der Waals surface area contributed by atoms with E-state index >= 15 is 0 Å². The van der Waals surface area contributed by atoms with Crippen LogP contribution in [0.4, 0.5) is 0 Å². The van der Waals surface area contributed by atoms with E-state index in [1.807, 2.05) is 0 Å². The average Bonchev–Trinajstić information content (AvgIpc) is 1.62. The second-order valence-electron chi connectivity index (χ2n) is 2.87. The van der Waals surface area contributed by atoms with Gasteiger partial charge in [0.2, 0.25) is 0 Å². The summed E-state index contributed by atoms with van der Waals surface area (Å²) in [6.45, 7) is 8.83. The first-order valence-corrected chi connectivity index (χ1v) is 7.26. The molecule has 0 fully saturated rings. The first-order chi connectivity index (χ1) is 3.48. The lowest BCUT2D eigenvalue weighted by Gasteiger charge is -2.19. The monoisotopic (exact) mass is 150 g/mol. The maximum Gasteiger partial charge on any atom is 0.153 e. The van der Waals surface area contributed by atoms with Crippen LogP contribution in [0.5, 0.6) is 0 Å². The Hall–Kier alpha value is 0.507. The van der Waals surface area contributed by atoms with Gasteiger partial charge in [0.1, 0.15) is 0 Å². The van der Waals surface area contributed by atoms with Crippen molar-refractivity contribution in [3.8, 4) is 0 Å². The zero-order valence-corrected chi connectivity index (χ0v) is 7.92. The van der Waals surface area contributed by atoms with Crippen LogP contribution in [0.15, 0.2) is 0 Å². The van der Waals surface area contributed by atoms with Gasteiger partial charge in [-0.25, -0.2) is 0 Å². The van der Waals surface area contributed by atoms with Crippen molar-refractivity contribution in [2.45, 2.75) is 38.9 Å². The van der Waals surface area contributed by atoms with E-state index in [9.17, 15) is 0 Å². The van der Waals surface area contributed by atoms with Gasteiger partial charge in [-0.2, -0.15) is 11.1 Å². The third-order valence-corrected chi connectivity index (χ3v) is 5.65. The van der Waals surface area contributed by atoms with Crippen molar-refractivity contribution in [3.05, 3.63) is 0 Å². The summed E-state index contributed by atoms with van der Waals surface area (Å²) in [5.74, 6) is 0. The average molecular weight is 151 g/mol. The topological polar surface area (TPSA) is 0 Å². The van der Waals surface area contributed by atoms with Crippen molar-refractivity contribution >= 4 is 18.5 Å². The Morgan fingerprint density at radius 3 is 1.88 bits per heavy atom. The second-order valence-corrected chi connectivity index (χ2v) is 9.91. The highest BCUT2D eigenvalue weighted by atomic mass is 35.6. The maximum atomic E-state index is 6.12. The molecule has 0 amide bonds. The summed E-state index contributed by atoms with van der Waals surface area (Å²) in [6, 6.07) is 0. The van der Waals surface area contributed by atoms with Gasteiger partial charge in [-0.1, -0.05) is 33.4 Å². The molecule has 0 nitrogen and oxygen atoms in total. The van der Waals surface area contributed by atoms with Gasteiger partial charge < -0.3 is 0 Å². The van der Waals surface area contributed by atoms with E-state index in [0.717, 1.165) is 5.54 Å². The summed E-state index contributed by atoms with van der Waals surface area (Å²) >= 11 is 6.12. The van der Waals surface area contributed by atoms with Gasteiger partial charge in [-0.3, -0.25) is 0 Å². The van der Waals surface area contributed by atoms with Crippen LogP contribution in [0.1, 0.15) is 20.3 Å². The maximum absolute atomic E-state index is 6.12. The summed E-state index contributed by atoms with van der Waals surface area (Å²) in [5.41, 5.74) is 0.754. The van der Waals surface area contributed by atoms with Crippen LogP contribution in [0.2, 0.25) is 18.6 Å². The summed E-state index contributed by atoms with van der Waals surface area (Å²) < 4.78 is 0. The number of halogens is 1. The Kier molecular flexibility index (Phi) is 3.06. The largest absolute Gasteiger partial charge is 0.167 e. The van der Waals surface area contributed by atoms with Crippen molar-refractivity contribution in [2.75, 3.05) is 0 Å². The Morgan fingerprint density at radius 2 is 1.88 bits per heavy atom. The van der Waals surface area contributed by atoms with Crippen LogP contribution < -0.4 is 0 Å². The first-order valence-electron chi connectivity index (χ1n) is 3.17. The van der Waals surface area contributed by atoms with Crippen LogP contribution >= 0.6 is 11.1 Å². The van der Waals surface area contributed by atoms with Gasteiger partial charge in [0.25, 0.3) is 0 Å². The lowest BCUT2D eigenvalue weighted by Crippen LogP contribution is -2.22. The van der Waals surface area contributed by atoms with Gasteiger partial charge in [0.05, 0.1) is 0 Å². The highest BCUT2D eigenvalue weighted by molar-refractivity contribution is 7.19. The van der Waals surface area contributed by atoms with Crippen LogP contribution in [-0.2, 0) is 0 Å². The van der Waals surface area contributed by atoms with Crippen molar-refractivity contribution in [1.29, 1.82) is 0 Å². The third kappa shape index (κ3) is 2.73. The molecule has 50 valence electrons. The molecule has 0 radical (unpaired) electrons. The summed E-state index contributed by atoms with van der Waals surface area (Å²) in [6.07, 6.45) is 1.22. The molecule has 0 rings (SSSR count). The molecular weight excluding hydrogens is 136 g/mol. The number of hydrogen-bond acceptors (Lipinski definition) is 0. The molecule has 8 heavy (non-hydrogen) atoms. The molecule has 0 bridgehead atoms. The van der Waals surface area contributed by atoms with Gasteiger partial charge in [-0.15, -0.1) is 0 Å². The van der Waals surface area contributed by atoms with Crippen LogP contribution in [0.25, 0.3) is 0 Å². The Balaban J connectivity index is 3.62. The zero-order valence-electron chi connectivity index (χ0n) is 6.16. The third-order valence-electron chi connectivity index (χ3n) is 1.78. The predicted molar refractivity (Wildman–Crippen MR) is 43.1 cm³/mol. The molecule has 0 aromatic heterocycles. The molecule has 0 heterocycles. The SMILES string of the molecule is CC[C@H](C)[Si](C)(C)Cl. The molecule has 0 aliphatic heterocycles. The molecule has 0 saturated carbocycles. The number of rotatable bonds is 2. The number of hydrogen-bond donors (Lipinski definition) is 0. The Morgan fingerprint density at radius 1 is 1.50 bits per heavy atom. The lowest BCUT2D eigenvalue weighted by atomic mass is 10.4. The second kappa shape index (κ2) is 2.88. The van der Waals surface area contributed by atoms with Crippen LogP contribution in [-0.4, -0.2) is 7.38 Å². The minimum atomic E-state index is -1.29. The Labute approximate surface area is 58.0 Å². The van der Waals surface area contributed by atoms with Crippen molar-refractivity contribution < 1.29 is 0 Å². The first kappa shape index (κ1) is 8.51. The molecule has 0 aliphatic carbocycles. The van der Waals surface area contributed by atoms with E-state index in [0.29, 0.717) is 0 Å². The van der Waals surface area contributed by atoms with E-state index in [-0.39, 0.29) is 0 Å². The van der Waals surface area contributed by atoms with E-state index in [4.69, 9.17) is 11.1 Å². The van der Waals surface area contributed by atoms with E-state index < -0.39 is 7.38 Å². The normalized spacial score (nSPS) is 16.1. The van der Waals surface area contributed by atoms with Crippen molar-refractivity contribution in [2.24, 2.45) is 0 Å². The molecular formula is C6H15ClSi. The van der Waals surface area contributed by atoms with Crippen molar-refractivity contribution in [1.82, 2.24) is 0 Å². The van der Waals surface area contributed by atoms with Crippen LogP contribution in [0.3, 0.4) is 0 Å². The molecule has 0 aliphatic rings. The van der Waals surface area contributed by atoms with Crippen LogP contribution in [0, 0.1) is 0 Å². The van der Waals surface area contributed by atoms with Gasteiger partial charge in [0.15, 0.2) is 7.38 Å². The summed E-state index contributed by atoms with van der Waals surface area (Å²) in [7, 11) is -1.29. The van der Waals surface area contributed by atoms with E-state index in [1.165, 1.54) is 6.42 Å². The molecule has 0 spiro atoms. The fraction of sp³-hybridized carbons (Fsp3) is 1.00. The summed E-state index contributed by atoms with van der Waals surface area (Å²) in [5, 5.41) is 0. The minimum Gasteiger partial charge on any atom is -0.167 e. The quantitative estimate of drug-likeness (QED) is 0.419. The van der Waals surface area contributed by atoms with Crippen molar-refractivity contribution in [3.63, 3.8) is 0 Å². The highest BCUT2D eigenvalue weighted by Crippen LogP contribution is 2.27. The standard InChI is InChI=1S/C6H15ClSi/c1-5-6(2)8(3,4)7/h6H,5H2,1-4H3/t6-/m0/s1.